The van der Waals surface area contributed by atoms with Crippen molar-refractivity contribution in [2.45, 2.75) is 11.8 Å². The smallest absolute Gasteiger partial charge is 0.269 e. The highest BCUT2D eigenvalue weighted by Gasteiger charge is 2.55. The Kier molecular flexibility index (Phi) is 4.50. The van der Waals surface area contributed by atoms with Crippen molar-refractivity contribution in [3.05, 3.63) is 111 Å². The van der Waals surface area contributed by atoms with Crippen molar-refractivity contribution in [3.63, 3.8) is 0 Å². The predicted octanol–water partition coefficient (Wildman–Crippen LogP) is 5.63. The molecule has 1 saturated carbocycles. The van der Waals surface area contributed by atoms with Gasteiger partial charge >= 0.3 is 0 Å². The van der Waals surface area contributed by atoms with Gasteiger partial charge in [0.25, 0.3) is 5.69 Å². The highest BCUT2D eigenvalue weighted by molar-refractivity contribution is 6.30. The van der Waals surface area contributed by atoms with Crippen molar-refractivity contribution in [3.8, 4) is 0 Å². The maximum absolute atomic E-state index is 13.1. The summed E-state index contributed by atoms with van der Waals surface area (Å²) in [5.41, 5.74) is 2.73. The van der Waals surface area contributed by atoms with E-state index in [-0.39, 0.29) is 29.2 Å². The Balaban J connectivity index is 1.69. The highest BCUT2D eigenvalue weighted by atomic mass is 35.5. The Bertz CT molecular complexity index is 984. The molecule has 0 bridgehead atoms. The summed E-state index contributed by atoms with van der Waals surface area (Å²) in [6, 6.07) is 23.3. The molecule has 3 aromatic rings. The second-order valence-corrected chi connectivity index (χ2v) is 7.14. The number of nitro benzene ring substituents is 1. The zero-order chi connectivity index (χ0) is 19.0. The molecule has 27 heavy (non-hydrogen) atoms. The van der Waals surface area contributed by atoms with Gasteiger partial charge in [0.2, 0.25) is 0 Å². The number of hydrogen-bond acceptors (Lipinski definition) is 3. The van der Waals surface area contributed by atoms with E-state index in [1.807, 2.05) is 54.6 Å². The van der Waals surface area contributed by atoms with E-state index in [0.717, 1.165) is 11.1 Å². The van der Waals surface area contributed by atoms with Gasteiger partial charge in [-0.1, -0.05) is 66.2 Å². The van der Waals surface area contributed by atoms with Crippen LogP contribution < -0.4 is 0 Å². The van der Waals surface area contributed by atoms with Crippen LogP contribution >= 0.6 is 11.6 Å². The number of halogens is 1. The first kappa shape index (κ1) is 17.4. The fourth-order valence-corrected chi connectivity index (χ4v) is 3.89. The first-order valence-electron chi connectivity index (χ1n) is 8.65. The molecule has 0 N–H and O–H groups in total. The molecule has 0 amide bonds. The molecule has 0 heterocycles. The molecular formula is C22H16ClNO3. The molecule has 1 aliphatic carbocycles. The maximum Gasteiger partial charge on any atom is 0.269 e. The van der Waals surface area contributed by atoms with Crippen molar-refractivity contribution in [2.24, 2.45) is 5.92 Å². The Morgan fingerprint density at radius 3 is 1.85 bits per heavy atom. The maximum atomic E-state index is 13.1. The van der Waals surface area contributed by atoms with Gasteiger partial charge in [0.05, 0.1) is 4.92 Å². The van der Waals surface area contributed by atoms with Crippen LogP contribution in [-0.2, 0) is 0 Å². The second kappa shape index (κ2) is 6.97. The Labute approximate surface area is 161 Å². The van der Waals surface area contributed by atoms with Crippen LogP contribution in [-0.4, -0.2) is 10.7 Å². The molecule has 0 aromatic heterocycles. The zero-order valence-corrected chi connectivity index (χ0v) is 15.0. The molecule has 3 aromatic carbocycles. The van der Waals surface area contributed by atoms with E-state index in [2.05, 4.69) is 0 Å². The molecule has 1 aliphatic rings. The quantitative estimate of drug-likeness (QED) is 0.329. The summed E-state index contributed by atoms with van der Waals surface area (Å²) in [5, 5.41) is 11.6. The van der Waals surface area contributed by atoms with E-state index in [1.165, 1.54) is 12.1 Å². The van der Waals surface area contributed by atoms with Gasteiger partial charge in [-0.25, -0.2) is 0 Å². The summed E-state index contributed by atoms with van der Waals surface area (Å²) in [4.78, 5) is 23.6. The number of ketones is 1. The molecule has 0 unspecified atom stereocenters. The standard InChI is InChI=1S/C22H16ClNO3/c23-17-10-6-14(7-11-17)19-20(15-8-12-18(13-9-15)24(26)27)21(19)22(25)16-4-2-1-3-5-16/h1-13,19-21H/t19-,20-,21-/m0/s1. The first-order valence-corrected chi connectivity index (χ1v) is 9.03. The summed E-state index contributed by atoms with van der Waals surface area (Å²) in [6.45, 7) is 0. The number of non-ortho nitro benzene ring substituents is 1. The molecule has 0 radical (unpaired) electrons. The summed E-state index contributed by atoms with van der Waals surface area (Å²) in [6.07, 6.45) is 0. The Hall–Kier alpha value is -2.98. The van der Waals surface area contributed by atoms with E-state index in [1.54, 1.807) is 12.1 Å². The first-order chi connectivity index (χ1) is 13.1. The van der Waals surface area contributed by atoms with Crippen LogP contribution in [0.2, 0.25) is 5.02 Å². The van der Waals surface area contributed by atoms with Crippen molar-refractivity contribution >= 4 is 23.1 Å². The van der Waals surface area contributed by atoms with Gasteiger partial charge in [-0.2, -0.15) is 0 Å². The van der Waals surface area contributed by atoms with Crippen molar-refractivity contribution in [2.75, 3.05) is 0 Å². The Morgan fingerprint density at radius 2 is 1.33 bits per heavy atom. The van der Waals surface area contributed by atoms with Crippen molar-refractivity contribution in [1.82, 2.24) is 0 Å². The average Bonchev–Trinajstić information content (AvgIpc) is 3.44. The van der Waals surface area contributed by atoms with Gasteiger partial charge in [-0.3, -0.25) is 14.9 Å². The van der Waals surface area contributed by atoms with Gasteiger partial charge in [0.1, 0.15) is 0 Å². The molecule has 0 aliphatic heterocycles. The largest absolute Gasteiger partial charge is 0.294 e. The molecule has 134 valence electrons. The molecule has 0 saturated heterocycles. The van der Waals surface area contributed by atoms with E-state index >= 15 is 0 Å². The van der Waals surface area contributed by atoms with Crippen LogP contribution in [0, 0.1) is 16.0 Å². The predicted molar refractivity (Wildman–Crippen MR) is 104 cm³/mol. The van der Waals surface area contributed by atoms with E-state index in [9.17, 15) is 14.9 Å². The molecule has 4 nitrogen and oxygen atoms in total. The van der Waals surface area contributed by atoms with Crippen LogP contribution in [0.1, 0.15) is 33.3 Å². The lowest BCUT2D eigenvalue weighted by atomic mass is 10.0. The second-order valence-electron chi connectivity index (χ2n) is 6.71. The number of Topliss-reactive ketones (excluding diaryl/α,β-unsaturated/α-hetero) is 1. The fraction of sp³-hybridized carbons (Fsp3) is 0.136. The van der Waals surface area contributed by atoms with Crippen molar-refractivity contribution in [1.29, 1.82) is 0 Å². The number of carbonyl (C=O) groups excluding carboxylic acids is 1. The number of rotatable bonds is 5. The van der Waals surface area contributed by atoms with Crippen LogP contribution in [0.4, 0.5) is 5.69 Å². The zero-order valence-electron chi connectivity index (χ0n) is 14.3. The summed E-state index contributed by atoms with van der Waals surface area (Å²) in [5.74, 6) is -0.0509. The third-order valence-corrected chi connectivity index (χ3v) is 5.38. The van der Waals surface area contributed by atoms with E-state index in [4.69, 9.17) is 11.6 Å². The lowest BCUT2D eigenvalue weighted by Crippen LogP contribution is -2.04. The number of nitrogens with zero attached hydrogens (tertiary/aromatic N) is 1. The molecular weight excluding hydrogens is 362 g/mol. The van der Waals surface area contributed by atoms with Gasteiger partial charge in [0, 0.05) is 40.5 Å². The SMILES string of the molecule is O=C(c1ccccc1)[C@H]1[C@@H](c2ccc(Cl)cc2)[C@@H]1c1ccc([N+](=O)[O-])cc1. The highest BCUT2D eigenvalue weighted by Crippen LogP contribution is 2.61. The van der Waals surface area contributed by atoms with Gasteiger partial charge in [-0.05, 0) is 23.3 Å². The minimum Gasteiger partial charge on any atom is -0.294 e. The third-order valence-electron chi connectivity index (χ3n) is 5.12. The summed E-state index contributed by atoms with van der Waals surface area (Å²) < 4.78 is 0. The van der Waals surface area contributed by atoms with Gasteiger partial charge in [0.15, 0.2) is 5.78 Å². The fourth-order valence-electron chi connectivity index (χ4n) is 3.76. The lowest BCUT2D eigenvalue weighted by Gasteiger charge is -2.01. The van der Waals surface area contributed by atoms with Crippen LogP contribution in [0.15, 0.2) is 78.9 Å². The Morgan fingerprint density at radius 1 is 0.815 bits per heavy atom. The molecule has 5 heteroatoms. The average molecular weight is 378 g/mol. The van der Waals surface area contributed by atoms with Gasteiger partial charge < -0.3 is 0 Å². The topological polar surface area (TPSA) is 60.2 Å². The monoisotopic (exact) mass is 377 g/mol. The number of hydrogen-bond donors (Lipinski definition) is 0. The van der Waals surface area contributed by atoms with Crippen LogP contribution in [0.25, 0.3) is 0 Å². The summed E-state index contributed by atoms with van der Waals surface area (Å²) in [7, 11) is 0. The van der Waals surface area contributed by atoms with Crippen molar-refractivity contribution < 1.29 is 9.72 Å². The number of nitro groups is 1. The van der Waals surface area contributed by atoms with Crippen LogP contribution in [0.5, 0.6) is 0 Å². The third kappa shape index (κ3) is 3.36. The number of carbonyl (C=O) groups is 1. The van der Waals surface area contributed by atoms with E-state index in [0.29, 0.717) is 10.6 Å². The lowest BCUT2D eigenvalue weighted by molar-refractivity contribution is -0.384. The molecule has 4 rings (SSSR count). The normalized spacial score (nSPS) is 20.9. The minimum atomic E-state index is -0.417. The van der Waals surface area contributed by atoms with Crippen LogP contribution in [0.3, 0.4) is 0 Å². The van der Waals surface area contributed by atoms with E-state index < -0.39 is 4.92 Å². The molecule has 0 spiro atoms. The number of benzene rings is 3. The van der Waals surface area contributed by atoms with Gasteiger partial charge in [-0.15, -0.1) is 0 Å². The minimum absolute atomic E-state index is 0.000291. The molecule has 1 fully saturated rings. The molecule has 3 atom stereocenters. The summed E-state index contributed by atoms with van der Waals surface area (Å²) >= 11 is 6.00.